The van der Waals surface area contributed by atoms with E-state index in [9.17, 15) is 18.0 Å². The summed E-state index contributed by atoms with van der Waals surface area (Å²) in [6.45, 7) is 20.1. The lowest BCUT2D eigenvalue weighted by Crippen LogP contribution is -2.49. The molecule has 0 N–H and O–H groups in total. The maximum atomic E-state index is 17.9. The molecule has 0 radical (unpaired) electrons. The number of carbonyl (C=O) groups excluding carboxylic acids is 1. The fourth-order valence-electron chi connectivity index (χ4n) is 11.2. The molecule has 1 amide bonds. The van der Waals surface area contributed by atoms with Crippen molar-refractivity contribution < 1.29 is 41.0 Å². The largest absolute Gasteiger partial charge is 0.475 e. The molecule has 18 heteroatoms. The summed E-state index contributed by atoms with van der Waals surface area (Å²) in [6.07, 6.45) is 2.15. The first kappa shape index (κ1) is 50.7. The van der Waals surface area contributed by atoms with Gasteiger partial charge in [0.25, 0.3) is 0 Å². The molecule has 3 aromatic heterocycles. The molecule has 0 spiro atoms. The summed E-state index contributed by atoms with van der Waals surface area (Å²) in [7, 11) is -2.32. The highest BCUT2D eigenvalue weighted by Crippen LogP contribution is 2.45. The minimum Gasteiger partial charge on any atom is -0.475 e. The fourth-order valence-corrected chi connectivity index (χ4v) is 16.4. The fraction of sp³-hybridized carbons (Fsp3) is 0.538. The Morgan fingerprint density at radius 3 is 2.36 bits per heavy atom. The Labute approximate surface area is 407 Å². The highest BCUT2D eigenvalue weighted by atomic mass is 28.3. The third-order valence-corrected chi connectivity index (χ3v) is 20.7. The van der Waals surface area contributed by atoms with Crippen LogP contribution in [0.2, 0.25) is 16.6 Å². The van der Waals surface area contributed by atoms with E-state index in [1.807, 2.05) is 6.07 Å². The number of halogens is 5. The Morgan fingerprint density at radius 2 is 1.64 bits per heavy atom. The second kappa shape index (κ2) is 19.8. The molecule has 0 bridgehead atoms. The van der Waals surface area contributed by atoms with Gasteiger partial charge in [-0.25, -0.2) is 18.6 Å². The first-order valence-corrected chi connectivity index (χ1v) is 26.7. The van der Waals surface area contributed by atoms with E-state index in [4.69, 9.17) is 29.2 Å². The van der Waals surface area contributed by atoms with E-state index in [0.717, 1.165) is 25.3 Å². The van der Waals surface area contributed by atoms with Gasteiger partial charge in [-0.05, 0) is 100 Å². The summed E-state index contributed by atoms with van der Waals surface area (Å²) in [5.41, 5.74) is 2.66. The van der Waals surface area contributed by atoms with Crippen molar-refractivity contribution in [2.75, 3.05) is 37.9 Å². The van der Waals surface area contributed by atoms with Crippen LogP contribution in [0.15, 0.2) is 48.8 Å². The molecule has 6 heterocycles. The van der Waals surface area contributed by atoms with Crippen LogP contribution in [0.25, 0.3) is 32.9 Å². The van der Waals surface area contributed by atoms with Crippen LogP contribution in [0.5, 0.6) is 11.9 Å². The lowest BCUT2D eigenvalue weighted by molar-refractivity contribution is -0.138. The molecular weight excluding hydrogens is 924 g/mol. The standard InChI is InChI=1S/C52H63F5N8O4Si/c1-32(2)70(33(3)4,34(5)6)26-20-38-41(53)18-17-35-15-13-16-39(43(35)38)45-44(54)46-40(29-58-45)47(64-24-11-10-12-25-65(64)49(66)69-50(7,8)9)61-48(60-46)68-31-51-21-14-23-63(51)37(19-22-51)30-67-42-27-36(28-59-62-42)52(55,56)57/h13,15-18,27-29,32-34,37H,10-12,14,19,21-25,30-31H2,1-9H3. The van der Waals surface area contributed by atoms with Gasteiger partial charge in [0.05, 0.1) is 28.2 Å². The summed E-state index contributed by atoms with van der Waals surface area (Å²) >= 11 is 0. The van der Waals surface area contributed by atoms with Crippen molar-refractivity contribution in [3.05, 3.63) is 71.6 Å². The summed E-state index contributed by atoms with van der Waals surface area (Å²) in [5, 5.41) is 11.8. The molecule has 0 aliphatic carbocycles. The van der Waals surface area contributed by atoms with Crippen LogP contribution in [0.4, 0.5) is 32.6 Å². The molecule has 374 valence electrons. The summed E-state index contributed by atoms with van der Waals surface area (Å²) in [4.78, 5) is 30.6. The maximum absolute atomic E-state index is 17.9. The van der Waals surface area contributed by atoms with Crippen molar-refractivity contribution in [3.8, 4) is 34.6 Å². The van der Waals surface area contributed by atoms with Crippen molar-refractivity contribution in [3.63, 3.8) is 0 Å². The van der Waals surface area contributed by atoms with Crippen LogP contribution in [0, 0.1) is 23.1 Å². The third kappa shape index (κ3) is 9.97. The summed E-state index contributed by atoms with van der Waals surface area (Å²) in [5.74, 6) is 2.02. The Bertz CT molecular complexity index is 2790. The number of aromatic nitrogens is 5. The Balaban J connectivity index is 1.21. The van der Waals surface area contributed by atoms with Gasteiger partial charge in [0.15, 0.2) is 11.6 Å². The van der Waals surface area contributed by atoms with E-state index >= 15 is 8.78 Å². The number of pyridine rings is 1. The predicted molar refractivity (Wildman–Crippen MR) is 262 cm³/mol. The Morgan fingerprint density at radius 1 is 0.900 bits per heavy atom. The molecule has 3 fully saturated rings. The van der Waals surface area contributed by atoms with Gasteiger partial charge < -0.3 is 14.2 Å². The van der Waals surface area contributed by atoms with E-state index < -0.39 is 48.7 Å². The summed E-state index contributed by atoms with van der Waals surface area (Å²) < 4.78 is 92.6. The number of ether oxygens (including phenoxy) is 3. The van der Waals surface area contributed by atoms with Crippen LogP contribution >= 0.6 is 0 Å². The molecule has 2 atom stereocenters. The molecule has 2 unspecified atom stereocenters. The first-order chi connectivity index (χ1) is 33.1. The zero-order chi connectivity index (χ0) is 50.3. The Hall–Kier alpha value is -5.67. The molecule has 8 rings (SSSR count). The lowest BCUT2D eigenvalue weighted by atomic mass is 9.95. The molecular formula is C52H63F5N8O4Si. The van der Waals surface area contributed by atoms with Crippen LogP contribution in [0.1, 0.15) is 118 Å². The number of hydrogen-bond acceptors (Lipinski definition) is 11. The van der Waals surface area contributed by atoms with Gasteiger partial charge in [-0.1, -0.05) is 71.7 Å². The van der Waals surface area contributed by atoms with Gasteiger partial charge >= 0.3 is 18.3 Å². The number of benzene rings is 2. The number of amides is 1. The quantitative estimate of drug-likeness (QED) is 0.0715. The first-order valence-electron chi connectivity index (χ1n) is 24.4. The minimum atomic E-state index is -4.59. The number of rotatable bonds is 11. The van der Waals surface area contributed by atoms with Crippen molar-refractivity contribution in [1.29, 1.82) is 0 Å². The minimum absolute atomic E-state index is 0.0630. The number of anilines is 1. The molecule has 3 aliphatic heterocycles. The van der Waals surface area contributed by atoms with Gasteiger partial charge in [0, 0.05) is 42.3 Å². The second-order valence-corrected chi connectivity index (χ2v) is 26.4. The maximum Gasteiger partial charge on any atom is 0.429 e. The van der Waals surface area contributed by atoms with Gasteiger partial charge in [0.2, 0.25) is 5.88 Å². The number of alkyl halides is 3. The molecule has 2 aromatic carbocycles. The number of carbonyl (C=O) groups is 1. The van der Waals surface area contributed by atoms with Gasteiger partial charge in [-0.15, -0.1) is 10.6 Å². The molecule has 70 heavy (non-hydrogen) atoms. The zero-order valence-corrected chi connectivity index (χ0v) is 42.5. The normalized spacial score (nSPS) is 19.2. The molecule has 3 saturated heterocycles. The van der Waals surface area contributed by atoms with Crippen LogP contribution in [-0.2, 0) is 10.9 Å². The van der Waals surface area contributed by atoms with Crippen molar-refractivity contribution in [1.82, 2.24) is 35.1 Å². The van der Waals surface area contributed by atoms with Gasteiger partial charge in [-0.2, -0.15) is 28.2 Å². The lowest BCUT2D eigenvalue weighted by Gasteiger charge is -2.38. The van der Waals surface area contributed by atoms with Gasteiger partial charge in [0.1, 0.15) is 43.9 Å². The molecule has 0 saturated carbocycles. The number of nitrogens with zero attached hydrogens (tertiary/aromatic N) is 8. The van der Waals surface area contributed by atoms with Crippen LogP contribution < -0.4 is 14.5 Å². The zero-order valence-electron chi connectivity index (χ0n) is 41.5. The topological polar surface area (TPSA) is 119 Å². The number of fused-ring (bicyclic) bond motifs is 3. The molecule has 5 aromatic rings. The monoisotopic (exact) mass is 986 g/mol. The number of hydrazine groups is 1. The van der Waals surface area contributed by atoms with E-state index in [2.05, 4.69) is 68.1 Å². The molecule has 3 aliphatic rings. The average molecular weight is 987 g/mol. The van der Waals surface area contributed by atoms with E-state index in [0.29, 0.717) is 84.5 Å². The smallest absolute Gasteiger partial charge is 0.429 e. The van der Waals surface area contributed by atoms with Crippen molar-refractivity contribution in [2.45, 2.75) is 147 Å². The van der Waals surface area contributed by atoms with Crippen LogP contribution in [-0.4, -0.2) is 99.3 Å². The predicted octanol–water partition coefficient (Wildman–Crippen LogP) is 12.1. The van der Waals surface area contributed by atoms with E-state index in [-0.39, 0.29) is 59.1 Å². The SMILES string of the molecule is CC(C)[Si](C#Cc1c(F)ccc2cccc(-c3ncc4c(N5CCCCCN5C(=O)OC(C)(C)C)nc(OCC56CCCN5C(COc5cc(C(F)(F)F)cnn5)CC6)nc4c3F)c12)(C(C)C)C(C)C. The average Bonchev–Trinajstić information content (AvgIpc) is 3.76. The van der Waals surface area contributed by atoms with Crippen molar-refractivity contribution in [2.24, 2.45) is 0 Å². The highest BCUT2D eigenvalue weighted by Gasteiger charge is 2.50. The second-order valence-electron chi connectivity index (χ2n) is 20.9. The van der Waals surface area contributed by atoms with E-state index in [1.165, 1.54) is 17.3 Å². The number of hydrogen-bond donors (Lipinski definition) is 0. The molecule has 12 nitrogen and oxygen atoms in total. The Kier molecular flexibility index (Phi) is 14.4. The third-order valence-electron chi connectivity index (χ3n) is 14.4. The van der Waals surface area contributed by atoms with Crippen molar-refractivity contribution >= 4 is 41.7 Å². The van der Waals surface area contributed by atoms with E-state index in [1.54, 1.807) is 44.0 Å². The highest BCUT2D eigenvalue weighted by molar-refractivity contribution is 6.90. The summed E-state index contributed by atoms with van der Waals surface area (Å²) in [6, 6.07) is 8.98. The van der Waals surface area contributed by atoms with Crippen LogP contribution in [0.3, 0.4) is 0 Å². The van der Waals surface area contributed by atoms with Gasteiger partial charge in [-0.3, -0.25) is 14.9 Å².